The standard InChI is InChI=1S/C29H37N3S4/c1-5-21-17-23(18-24(33)20(21)3)27-25(28(34)22-9-7-19(2)8-10-22)26(30-4)29(35)32(27)12-6-11-31-13-15-36-16-14-31/h7-10,17-18,27,30,33H,5-6,11-16H2,1-4H3. The molecule has 1 N–H and O–H groups in total. The molecule has 2 aliphatic heterocycles. The Morgan fingerprint density at radius 2 is 1.81 bits per heavy atom. The van der Waals surface area contributed by atoms with Crippen molar-refractivity contribution in [2.24, 2.45) is 0 Å². The first-order chi connectivity index (χ1) is 17.3. The maximum Gasteiger partial charge on any atom is 0.126 e. The number of thiocarbonyl (C=S) groups is 2. The van der Waals surface area contributed by atoms with Gasteiger partial charge >= 0.3 is 0 Å². The second-order valence-electron chi connectivity index (χ2n) is 9.62. The Morgan fingerprint density at radius 1 is 1.11 bits per heavy atom. The zero-order valence-electron chi connectivity index (χ0n) is 21.8. The molecule has 0 radical (unpaired) electrons. The van der Waals surface area contributed by atoms with Crippen LogP contribution in [0.3, 0.4) is 0 Å². The second kappa shape index (κ2) is 12.4. The van der Waals surface area contributed by atoms with E-state index in [-0.39, 0.29) is 6.04 Å². The van der Waals surface area contributed by atoms with Crippen molar-refractivity contribution in [1.82, 2.24) is 15.1 Å². The average molecular weight is 556 g/mol. The summed E-state index contributed by atoms with van der Waals surface area (Å²) in [7, 11) is 1.96. The first-order valence-electron chi connectivity index (χ1n) is 12.8. The van der Waals surface area contributed by atoms with Crippen LogP contribution in [0.1, 0.15) is 47.2 Å². The van der Waals surface area contributed by atoms with Crippen molar-refractivity contribution in [1.29, 1.82) is 0 Å². The van der Waals surface area contributed by atoms with Gasteiger partial charge in [-0.2, -0.15) is 11.8 Å². The van der Waals surface area contributed by atoms with Gasteiger partial charge in [0, 0.05) is 48.7 Å². The first kappa shape index (κ1) is 27.6. The summed E-state index contributed by atoms with van der Waals surface area (Å²) in [6.07, 6.45) is 2.04. The largest absolute Gasteiger partial charge is 0.385 e. The smallest absolute Gasteiger partial charge is 0.126 e. The minimum absolute atomic E-state index is 0.0255. The number of nitrogens with one attached hydrogen (secondary N) is 1. The number of aryl methyl sites for hydroxylation is 2. The fourth-order valence-electron chi connectivity index (χ4n) is 5.18. The molecule has 0 bridgehead atoms. The first-order valence-corrected chi connectivity index (χ1v) is 15.2. The van der Waals surface area contributed by atoms with Gasteiger partial charge in [-0.25, -0.2) is 0 Å². The van der Waals surface area contributed by atoms with E-state index < -0.39 is 0 Å². The van der Waals surface area contributed by atoms with Crippen molar-refractivity contribution in [2.45, 2.75) is 44.6 Å². The van der Waals surface area contributed by atoms with E-state index >= 15 is 0 Å². The van der Waals surface area contributed by atoms with Crippen LogP contribution in [0.15, 0.2) is 52.6 Å². The van der Waals surface area contributed by atoms with E-state index in [1.165, 1.54) is 46.8 Å². The molecule has 36 heavy (non-hydrogen) atoms. The van der Waals surface area contributed by atoms with Gasteiger partial charge in [0.15, 0.2) is 0 Å². The Morgan fingerprint density at radius 3 is 2.44 bits per heavy atom. The van der Waals surface area contributed by atoms with Gasteiger partial charge in [0.1, 0.15) is 4.99 Å². The molecule has 0 aliphatic carbocycles. The molecule has 0 aromatic heterocycles. The fourth-order valence-corrected chi connectivity index (χ4v) is 7.21. The lowest BCUT2D eigenvalue weighted by molar-refractivity contribution is 0.274. The van der Waals surface area contributed by atoms with Crippen molar-refractivity contribution < 1.29 is 0 Å². The highest BCUT2D eigenvalue weighted by molar-refractivity contribution is 7.99. The summed E-state index contributed by atoms with van der Waals surface area (Å²) in [5, 5.41) is 3.43. The Labute approximate surface area is 237 Å². The maximum absolute atomic E-state index is 6.17. The fraction of sp³-hybridized carbons (Fsp3) is 0.448. The van der Waals surface area contributed by atoms with Gasteiger partial charge in [0.25, 0.3) is 0 Å². The topological polar surface area (TPSA) is 18.5 Å². The summed E-state index contributed by atoms with van der Waals surface area (Å²) >= 11 is 19.2. The van der Waals surface area contributed by atoms with Crippen molar-refractivity contribution in [3.05, 3.63) is 75.5 Å². The molecule has 0 saturated carbocycles. The highest BCUT2D eigenvalue weighted by Crippen LogP contribution is 2.41. The van der Waals surface area contributed by atoms with Crippen LogP contribution in [-0.2, 0) is 6.42 Å². The monoisotopic (exact) mass is 555 g/mol. The van der Waals surface area contributed by atoms with Crippen molar-refractivity contribution in [3.8, 4) is 0 Å². The van der Waals surface area contributed by atoms with Gasteiger partial charge in [-0.05, 0) is 61.6 Å². The molecule has 0 spiro atoms. The maximum atomic E-state index is 6.17. The number of rotatable bonds is 9. The highest BCUT2D eigenvalue weighted by atomic mass is 32.2. The summed E-state index contributed by atoms with van der Waals surface area (Å²) in [6.45, 7) is 10.8. The Balaban J connectivity index is 1.73. The molecule has 1 unspecified atom stereocenters. The summed E-state index contributed by atoms with van der Waals surface area (Å²) < 4.78 is 0. The van der Waals surface area contributed by atoms with Crippen LogP contribution < -0.4 is 5.32 Å². The van der Waals surface area contributed by atoms with Crippen LogP contribution in [0.2, 0.25) is 0 Å². The molecule has 1 saturated heterocycles. The molecule has 1 fully saturated rings. The molecule has 192 valence electrons. The Bertz CT molecular complexity index is 1150. The molecule has 4 rings (SSSR count). The third-order valence-electron chi connectivity index (χ3n) is 7.32. The molecule has 2 aromatic carbocycles. The molecule has 2 aliphatic rings. The van der Waals surface area contributed by atoms with Gasteiger partial charge in [0.2, 0.25) is 0 Å². The van der Waals surface area contributed by atoms with Gasteiger partial charge in [0.05, 0.1) is 16.6 Å². The zero-order valence-corrected chi connectivity index (χ0v) is 25.1. The molecule has 1 atom stereocenters. The summed E-state index contributed by atoms with van der Waals surface area (Å²) in [4.78, 5) is 7.73. The predicted octanol–water partition coefficient (Wildman–Crippen LogP) is 6.17. The normalized spacial score (nSPS) is 18.8. The predicted molar refractivity (Wildman–Crippen MR) is 167 cm³/mol. The molecule has 7 heteroatoms. The van der Waals surface area contributed by atoms with Crippen LogP contribution in [0.5, 0.6) is 0 Å². The lowest BCUT2D eigenvalue weighted by Gasteiger charge is -2.32. The second-order valence-corrected chi connectivity index (χ2v) is 12.1. The van der Waals surface area contributed by atoms with E-state index in [1.54, 1.807) is 0 Å². The van der Waals surface area contributed by atoms with Crippen molar-refractivity contribution in [3.63, 3.8) is 0 Å². The third-order valence-corrected chi connectivity index (χ3v) is 9.62. The summed E-state index contributed by atoms with van der Waals surface area (Å²) in [5.74, 6) is 2.47. The molecular formula is C29H37N3S4. The van der Waals surface area contributed by atoms with E-state index in [4.69, 9.17) is 37.1 Å². The van der Waals surface area contributed by atoms with Gasteiger partial charge in [-0.15, -0.1) is 12.6 Å². The minimum Gasteiger partial charge on any atom is -0.385 e. The number of benzene rings is 2. The third kappa shape index (κ3) is 5.86. The van der Waals surface area contributed by atoms with Gasteiger partial charge in [-0.3, -0.25) is 0 Å². The van der Waals surface area contributed by atoms with Crippen LogP contribution in [0.4, 0.5) is 0 Å². The van der Waals surface area contributed by atoms with E-state index in [9.17, 15) is 0 Å². The van der Waals surface area contributed by atoms with Crippen LogP contribution >= 0.6 is 48.8 Å². The highest BCUT2D eigenvalue weighted by Gasteiger charge is 2.39. The minimum atomic E-state index is -0.0255. The molecule has 2 aromatic rings. The average Bonchev–Trinajstić information content (AvgIpc) is 3.17. The van der Waals surface area contributed by atoms with E-state index in [0.29, 0.717) is 0 Å². The Hall–Kier alpha value is -1.38. The molecular weight excluding hydrogens is 519 g/mol. The number of thioether (sulfide) groups is 1. The van der Waals surface area contributed by atoms with Gasteiger partial charge in [-0.1, -0.05) is 67.3 Å². The number of thiol groups is 1. The van der Waals surface area contributed by atoms with E-state index in [1.807, 2.05) is 7.05 Å². The number of nitrogens with zero attached hydrogens (tertiary/aromatic N) is 2. The SMILES string of the molecule is CCc1cc(C2C(C(=S)c3ccc(C)cc3)=C(NC)C(=S)N2CCCN2CCSCC2)cc(S)c1C. The lowest BCUT2D eigenvalue weighted by Crippen LogP contribution is -2.37. The number of likely N-dealkylation sites (N-methyl/N-ethyl adjacent to an activating group) is 1. The zero-order chi connectivity index (χ0) is 25.8. The lowest BCUT2D eigenvalue weighted by atomic mass is 9.90. The van der Waals surface area contributed by atoms with E-state index in [0.717, 1.165) is 57.5 Å². The molecule has 2 heterocycles. The number of hydrogen-bond donors (Lipinski definition) is 2. The quantitative estimate of drug-likeness (QED) is 0.217. The van der Waals surface area contributed by atoms with Crippen LogP contribution in [-0.4, -0.2) is 64.4 Å². The van der Waals surface area contributed by atoms with Crippen LogP contribution in [0.25, 0.3) is 0 Å². The summed E-state index contributed by atoms with van der Waals surface area (Å²) in [5.41, 5.74) is 8.17. The summed E-state index contributed by atoms with van der Waals surface area (Å²) in [6, 6.07) is 13.1. The molecule has 3 nitrogen and oxygen atoms in total. The van der Waals surface area contributed by atoms with Gasteiger partial charge < -0.3 is 15.1 Å². The number of hydrogen-bond acceptors (Lipinski definition) is 6. The van der Waals surface area contributed by atoms with Crippen LogP contribution in [0, 0.1) is 13.8 Å². The van der Waals surface area contributed by atoms with Crippen molar-refractivity contribution in [2.75, 3.05) is 44.7 Å². The molecule has 0 amide bonds. The van der Waals surface area contributed by atoms with Crippen molar-refractivity contribution >= 4 is 58.7 Å². The van der Waals surface area contributed by atoms with E-state index in [2.05, 4.69) is 84.0 Å². The Kier molecular flexibility index (Phi) is 9.56.